The topological polar surface area (TPSA) is 80.0 Å². The molecule has 0 aliphatic heterocycles. The molecule has 0 atom stereocenters. The van der Waals surface area contributed by atoms with Gasteiger partial charge in [0.25, 0.3) is 0 Å². The molecular formula is C14H24N4O. The highest BCUT2D eigenvalue weighted by molar-refractivity contribution is 5.76. The van der Waals surface area contributed by atoms with Gasteiger partial charge in [-0.15, -0.1) is 0 Å². The summed E-state index contributed by atoms with van der Waals surface area (Å²) in [5.41, 5.74) is 7.61. The average Bonchev–Trinajstić information content (AvgIpc) is 2.33. The Bertz CT molecular complexity index is 418. The van der Waals surface area contributed by atoms with Crippen molar-refractivity contribution in [2.45, 2.75) is 33.6 Å². The number of carbonyl (C=O) groups excluding carboxylic acids is 1. The third-order valence-electron chi connectivity index (χ3n) is 2.77. The number of amides is 1. The van der Waals surface area contributed by atoms with Gasteiger partial charge < -0.3 is 16.4 Å². The van der Waals surface area contributed by atoms with Crippen LogP contribution in [-0.4, -0.2) is 24.0 Å². The van der Waals surface area contributed by atoms with E-state index >= 15 is 0 Å². The molecule has 1 heterocycles. The molecule has 0 aliphatic carbocycles. The zero-order chi connectivity index (χ0) is 14.3. The van der Waals surface area contributed by atoms with Crippen molar-refractivity contribution in [3.05, 3.63) is 17.8 Å². The number of hydrogen-bond donors (Lipinski definition) is 3. The number of rotatable bonds is 7. The molecule has 0 unspecified atom stereocenters. The van der Waals surface area contributed by atoms with Crippen LogP contribution in [0.5, 0.6) is 0 Å². The molecule has 0 fully saturated rings. The number of hydrogen-bond acceptors (Lipinski definition) is 4. The molecule has 0 aromatic carbocycles. The van der Waals surface area contributed by atoms with Gasteiger partial charge in [-0.1, -0.05) is 13.8 Å². The summed E-state index contributed by atoms with van der Waals surface area (Å²) in [6.07, 6.45) is 3.16. The molecule has 0 spiro atoms. The first-order chi connectivity index (χ1) is 9.00. The Morgan fingerprint density at radius 2 is 2.16 bits per heavy atom. The van der Waals surface area contributed by atoms with E-state index in [1.807, 2.05) is 26.8 Å². The first-order valence-corrected chi connectivity index (χ1v) is 6.72. The molecule has 5 nitrogen and oxygen atoms in total. The predicted octanol–water partition coefficient (Wildman–Crippen LogP) is 1.94. The zero-order valence-electron chi connectivity index (χ0n) is 12.0. The molecule has 0 radical (unpaired) electrons. The molecule has 1 amide bonds. The Morgan fingerprint density at radius 3 is 2.84 bits per heavy atom. The number of aromatic nitrogens is 1. The van der Waals surface area contributed by atoms with E-state index in [-0.39, 0.29) is 5.91 Å². The SMILES string of the molecule is Cc1ccnc(NCCCNC(=O)CC(C)C)c1N. The summed E-state index contributed by atoms with van der Waals surface area (Å²) in [5, 5.41) is 6.08. The maximum atomic E-state index is 11.4. The van der Waals surface area contributed by atoms with Crippen LogP contribution in [-0.2, 0) is 4.79 Å². The minimum Gasteiger partial charge on any atom is -0.396 e. The van der Waals surface area contributed by atoms with Gasteiger partial charge in [0, 0.05) is 25.7 Å². The fourth-order valence-corrected chi connectivity index (χ4v) is 1.68. The number of nitrogen functional groups attached to an aromatic ring is 1. The molecule has 106 valence electrons. The van der Waals surface area contributed by atoms with Gasteiger partial charge in [-0.3, -0.25) is 4.79 Å². The van der Waals surface area contributed by atoms with Crippen LogP contribution in [0, 0.1) is 12.8 Å². The molecule has 19 heavy (non-hydrogen) atoms. The number of aryl methyl sites for hydroxylation is 1. The van der Waals surface area contributed by atoms with Gasteiger partial charge in [0.1, 0.15) is 5.82 Å². The van der Waals surface area contributed by atoms with Crippen LogP contribution in [0.4, 0.5) is 11.5 Å². The lowest BCUT2D eigenvalue weighted by Gasteiger charge is -2.10. The highest BCUT2D eigenvalue weighted by Crippen LogP contribution is 2.18. The molecule has 1 rings (SSSR count). The van der Waals surface area contributed by atoms with E-state index in [9.17, 15) is 4.79 Å². The summed E-state index contributed by atoms with van der Waals surface area (Å²) in [4.78, 5) is 15.6. The number of pyridine rings is 1. The van der Waals surface area contributed by atoms with Crippen molar-refractivity contribution in [2.75, 3.05) is 24.1 Å². The normalized spacial score (nSPS) is 10.5. The number of carbonyl (C=O) groups is 1. The van der Waals surface area contributed by atoms with Gasteiger partial charge in [-0.25, -0.2) is 4.98 Å². The van der Waals surface area contributed by atoms with Gasteiger partial charge in [0.05, 0.1) is 5.69 Å². The van der Waals surface area contributed by atoms with Gasteiger partial charge >= 0.3 is 0 Å². The van der Waals surface area contributed by atoms with Gasteiger partial charge in [-0.05, 0) is 30.9 Å². The fraction of sp³-hybridized carbons (Fsp3) is 0.571. The van der Waals surface area contributed by atoms with Crippen LogP contribution < -0.4 is 16.4 Å². The van der Waals surface area contributed by atoms with E-state index in [0.717, 1.165) is 18.5 Å². The number of nitrogens with one attached hydrogen (secondary N) is 2. The molecule has 0 saturated carbocycles. The van der Waals surface area contributed by atoms with Crippen LogP contribution in [0.2, 0.25) is 0 Å². The molecule has 0 saturated heterocycles. The molecular weight excluding hydrogens is 240 g/mol. The van der Waals surface area contributed by atoms with Crippen molar-refractivity contribution < 1.29 is 4.79 Å². The largest absolute Gasteiger partial charge is 0.396 e. The third-order valence-corrected chi connectivity index (χ3v) is 2.77. The molecule has 1 aromatic rings. The molecule has 5 heteroatoms. The lowest BCUT2D eigenvalue weighted by Crippen LogP contribution is -2.26. The first kappa shape index (κ1) is 15.3. The van der Waals surface area contributed by atoms with Crippen molar-refractivity contribution in [1.29, 1.82) is 0 Å². The van der Waals surface area contributed by atoms with Gasteiger partial charge in [0.2, 0.25) is 5.91 Å². The van der Waals surface area contributed by atoms with Crippen molar-refractivity contribution >= 4 is 17.4 Å². The summed E-state index contributed by atoms with van der Waals surface area (Å²) in [7, 11) is 0. The minimum atomic E-state index is 0.114. The third kappa shape index (κ3) is 5.59. The second-order valence-electron chi connectivity index (χ2n) is 5.12. The summed E-state index contributed by atoms with van der Waals surface area (Å²) in [5.74, 6) is 1.23. The van der Waals surface area contributed by atoms with Gasteiger partial charge in [-0.2, -0.15) is 0 Å². The fourth-order valence-electron chi connectivity index (χ4n) is 1.68. The maximum absolute atomic E-state index is 11.4. The Morgan fingerprint density at radius 1 is 1.42 bits per heavy atom. The average molecular weight is 264 g/mol. The summed E-state index contributed by atoms with van der Waals surface area (Å²) in [6, 6.07) is 1.88. The lowest BCUT2D eigenvalue weighted by atomic mass is 10.1. The van der Waals surface area contributed by atoms with Crippen molar-refractivity contribution in [3.63, 3.8) is 0 Å². The molecule has 0 aliphatic rings. The van der Waals surface area contributed by atoms with E-state index in [1.54, 1.807) is 6.20 Å². The number of anilines is 2. The Labute approximate surface area is 115 Å². The molecule has 4 N–H and O–H groups in total. The Hall–Kier alpha value is -1.78. The zero-order valence-corrected chi connectivity index (χ0v) is 12.0. The number of nitrogens with zero attached hydrogens (tertiary/aromatic N) is 1. The maximum Gasteiger partial charge on any atom is 0.220 e. The molecule has 1 aromatic heterocycles. The highest BCUT2D eigenvalue weighted by Gasteiger charge is 2.04. The van der Waals surface area contributed by atoms with Crippen LogP contribution in [0.25, 0.3) is 0 Å². The lowest BCUT2D eigenvalue weighted by molar-refractivity contribution is -0.121. The first-order valence-electron chi connectivity index (χ1n) is 6.72. The monoisotopic (exact) mass is 264 g/mol. The van der Waals surface area contributed by atoms with Crippen molar-refractivity contribution in [2.24, 2.45) is 5.92 Å². The van der Waals surface area contributed by atoms with E-state index < -0.39 is 0 Å². The van der Waals surface area contributed by atoms with E-state index in [1.165, 1.54) is 0 Å². The van der Waals surface area contributed by atoms with E-state index in [0.29, 0.717) is 30.4 Å². The highest BCUT2D eigenvalue weighted by atomic mass is 16.1. The number of nitrogens with two attached hydrogens (primary N) is 1. The summed E-state index contributed by atoms with van der Waals surface area (Å²) < 4.78 is 0. The molecule has 0 bridgehead atoms. The van der Waals surface area contributed by atoms with Crippen molar-refractivity contribution in [3.8, 4) is 0 Å². The Balaban J connectivity index is 2.21. The predicted molar refractivity (Wildman–Crippen MR) is 79.0 cm³/mol. The van der Waals surface area contributed by atoms with Crippen LogP contribution >= 0.6 is 0 Å². The second kappa shape index (κ2) is 7.61. The smallest absolute Gasteiger partial charge is 0.220 e. The minimum absolute atomic E-state index is 0.114. The standard InChI is InChI=1S/C14H24N4O/c1-10(2)9-12(19)16-6-4-7-17-14-13(15)11(3)5-8-18-14/h5,8,10H,4,6-7,9,15H2,1-3H3,(H,16,19)(H,17,18). The summed E-state index contributed by atoms with van der Waals surface area (Å²) >= 11 is 0. The summed E-state index contributed by atoms with van der Waals surface area (Å²) in [6.45, 7) is 7.43. The van der Waals surface area contributed by atoms with E-state index in [4.69, 9.17) is 5.73 Å². The Kier molecular flexibility index (Phi) is 6.12. The van der Waals surface area contributed by atoms with Crippen LogP contribution in [0.15, 0.2) is 12.3 Å². The van der Waals surface area contributed by atoms with Gasteiger partial charge in [0.15, 0.2) is 0 Å². The second-order valence-corrected chi connectivity index (χ2v) is 5.12. The van der Waals surface area contributed by atoms with E-state index in [2.05, 4.69) is 15.6 Å². The van der Waals surface area contributed by atoms with Crippen LogP contribution in [0.3, 0.4) is 0 Å². The quantitative estimate of drug-likeness (QED) is 0.657. The van der Waals surface area contributed by atoms with Crippen molar-refractivity contribution in [1.82, 2.24) is 10.3 Å². The van der Waals surface area contributed by atoms with Crippen LogP contribution in [0.1, 0.15) is 32.3 Å².